The van der Waals surface area contributed by atoms with E-state index in [-0.39, 0.29) is 5.91 Å². The van der Waals surface area contributed by atoms with Gasteiger partial charge in [-0.25, -0.2) is 0 Å². The minimum Gasteiger partial charge on any atom is -0.342 e. The molecular formula is C13H14BrN5OS. The van der Waals surface area contributed by atoms with E-state index in [1.54, 1.807) is 4.68 Å². The molecule has 8 heteroatoms. The minimum absolute atomic E-state index is 0.155. The molecule has 0 N–H and O–H groups in total. The second-order valence-corrected chi connectivity index (χ2v) is 6.58. The summed E-state index contributed by atoms with van der Waals surface area (Å²) in [6, 6.07) is 7.71. The molecule has 110 valence electrons. The van der Waals surface area contributed by atoms with Crippen LogP contribution in [-0.4, -0.2) is 49.9 Å². The Morgan fingerprint density at radius 2 is 1.95 bits per heavy atom. The van der Waals surface area contributed by atoms with Gasteiger partial charge in [0, 0.05) is 17.6 Å². The fraction of sp³-hybridized carbons (Fsp3) is 0.385. The molecule has 6 nitrogen and oxygen atoms in total. The van der Waals surface area contributed by atoms with E-state index in [0.717, 1.165) is 36.1 Å². The normalized spacial score (nSPS) is 14.6. The SMILES string of the molecule is O=C(CSc1nnnn1-c1ccc(Br)cc1)N1CCCC1. The molecule has 1 aromatic carbocycles. The highest BCUT2D eigenvalue weighted by molar-refractivity contribution is 9.10. The van der Waals surface area contributed by atoms with Gasteiger partial charge in [0.15, 0.2) is 0 Å². The Bertz CT molecular complexity index is 624. The average molecular weight is 368 g/mol. The van der Waals surface area contributed by atoms with E-state index in [0.29, 0.717) is 10.9 Å². The second kappa shape index (κ2) is 6.57. The highest BCUT2D eigenvalue weighted by Gasteiger charge is 2.19. The number of aromatic nitrogens is 4. The number of hydrogen-bond acceptors (Lipinski definition) is 5. The monoisotopic (exact) mass is 367 g/mol. The first-order valence-electron chi connectivity index (χ1n) is 6.69. The molecular weight excluding hydrogens is 354 g/mol. The Balaban J connectivity index is 1.68. The van der Waals surface area contributed by atoms with Crippen molar-refractivity contribution in [1.82, 2.24) is 25.1 Å². The summed E-state index contributed by atoms with van der Waals surface area (Å²) in [4.78, 5) is 14.0. The van der Waals surface area contributed by atoms with E-state index in [1.165, 1.54) is 11.8 Å². The maximum Gasteiger partial charge on any atom is 0.233 e. The van der Waals surface area contributed by atoms with Crippen molar-refractivity contribution in [1.29, 1.82) is 0 Å². The third kappa shape index (κ3) is 3.44. The first kappa shape index (κ1) is 14.5. The summed E-state index contributed by atoms with van der Waals surface area (Å²) in [6.45, 7) is 1.74. The number of rotatable bonds is 4. The Hall–Kier alpha value is -1.41. The predicted octanol–water partition coefficient (Wildman–Crippen LogP) is 2.14. The number of amides is 1. The number of nitrogens with zero attached hydrogens (tertiary/aromatic N) is 5. The van der Waals surface area contributed by atoms with Crippen molar-refractivity contribution in [3.05, 3.63) is 28.7 Å². The standard InChI is InChI=1S/C13H14BrN5OS/c14-10-3-5-11(6-4-10)19-13(15-16-17-19)21-9-12(20)18-7-1-2-8-18/h3-6H,1-2,7-9H2. The molecule has 1 aliphatic heterocycles. The van der Waals surface area contributed by atoms with Gasteiger partial charge in [0.2, 0.25) is 11.1 Å². The van der Waals surface area contributed by atoms with Gasteiger partial charge < -0.3 is 4.90 Å². The van der Waals surface area contributed by atoms with Crippen LogP contribution in [0.5, 0.6) is 0 Å². The molecule has 1 fully saturated rings. The van der Waals surface area contributed by atoms with Gasteiger partial charge in [0.05, 0.1) is 11.4 Å². The van der Waals surface area contributed by atoms with Crippen LogP contribution in [0.15, 0.2) is 33.9 Å². The molecule has 0 bridgehead atoms. The van der Waals surface area contributed by atoms with Crippen LogP contribution in [0.4, 0.5) is 0 Å². The van der Waals surface area contributed by atoms with Gasteiger partial charge >= 0.3 is 0 Å². The van der Waals surface area contributed by atoms with Crippen molar-refractivity contribution in [3.8, 4) is 5.69 Å². The smallest absolute Gasteiger partial charge is 0.233 e. The fourth-order valence-corrected chi connectivity index (χ4v) is 3.26. The Morgan fingerprint density at radius 1 is 1.24 bits per heavy atom. The molecule has 3 rings (SSSR count). The highest BCUT2D eigenvalue weighted by Crippen LogP contribution is 2.20. The van der Waals surface area contributed by atoms with Crippen molar-refractivity contribution < 1.29 is 4.79 Å². The Morgan fingerprint density at radius 3 is 2.67 bits per heavy atom. The number of benzene rings is 1. The van der Waals surface area contributed by atoms with Crippen LogP contribution >= 0.6 is 27.7 Å². The molecule has 1 aliphatic rings. The van der Waals surface area contributed by atoms with E-state index >= 15 is 0 Å². The van der Waals surface area contributed by atoms with Crippen molar-refractivity contribution in [3.63, 3.8) is 0 Å². The van der Waals surface area contributed by atoms with Gasteiger partial charge in [-0.05, 0) is 47.5 Å². The molecule has 1 amide bonds. The van der Waals surface area contributed by atoms with Crippen molar-refractivity contribution >= 4 is 33.6 Å². The maximum absolute atomic E-state index is 12.1. The molecule has 0 unspecified atom stereocenters. The third-order valence-corrected chi connectivity index (χ3v) is 4.73. The molecule has 0 radical (unpaired) electrons. The summed E-state index contributed by atoms with van der Waals surface area (Å²) in [5.41, 5.74) is 0.874. The number of carbonyl (C=O) groups is 1. The lowest BCUT2D eigenvalue weighted by molar-refractivity contribution is -0.127. The molecule has 0 spiro atoms. The van der Waals surface area contributed by atoms with Gasteiger partial charge in [-0.2, -0.15) is 4.68 Å². The second-order valence-electron chi connectivity index (χ2n) is 4.73. The van der Waals surface area contributed by atoms with E-state index in [4.69, 9.17) is 0 Å². The van der Waals surface area contributed by atoms with Crippen molar-refractivity contribution in [2.75, 3.05) is 18.8 Å². The van der Waals surface area contributed by atoms with Crippen molar-refractivity contribution in [2.45, 2.75) is 18.0 Å². The number of halogens is 1. The molecule has 1 saturated heterocycles. The summed E-state index contributed by atoms with van der Waals surface area (Å²) in [6.07, 6.45) is 2.21. The van der Waals surface area contributed by atoms with E-state index < -0.39 is 0 Å². The zero-order valence-corrected chi connectivity index (χ0v) is 13.7. The van der Waals surface area contributed by atoms with Crippen LogP contribution in [0.25, 0.3) is 5.69 Å². The van der Waals surface area contributed by atoms with Gasteiger partial charge in [-0.3, -0.25) is 4.79 Å². The van der Waals surface area contributed by atoms with Gasteiger partial charge in [-0.15, -0.1) is 5.10 Å². The van der Waals surface area contributed by atoms with E-state index in [2.05, 4.69) is 31.5 Å². The summed E-state index contributed by atoms with van der Waals surface area (Å²) in [5, 5.41) is 12.3. The number of thioether (sulfide) groups is 1. The summed E-state index contributed by atoms with van der Waals surface area (Å²) in [7, 11) is 0. The van der Waals surface area contributed by atoms with Crippen LogP contribution in [-0.2, 0) is 4.79 Å². The van der Waals surface area contributed by atoms with Crippen LogP contribution in [0.1, 0.15) is 12.8 Å². The van der Waals surface area contributed by atoms with Crippen LogP contribution in [0.2, 0.25) is 0 Å². The average Bonchev–Trinajstić information content (AvgIpc) is 3.17. The Kier molecular flexibility index (Phi) is 4.54. The minimum atomic E-state index is 0.155. The number of tetrazole rings is 1. The van der Waals surface area contributed by atoms with Crippen LogP contribution in [0.3, 0.4) is 0 Å². The zero-order valence-electron chi connectivity index (χ0n) is 11.3. The maximum atomic E-state index is 12.1. The Labute approximate surface area is 135 Å². The summed E-state index contributed by atoms with van der Waals surface area (Å²) in [5.74, 6) is 0.527. The van der Waals surface area contributed by atoms with Gasteiger partial charge in [0.25, 0.3) is 0 Å². The number of hydrogen-bond donors (Lipinski definition) is 0. The van der Waals surface area contributed by atoms with Crippen LogP contribution in [0, 0.1) is 0 Å². The van der Waals surface area contributed by atoms with Crippen molar-refractivity contribution in [2.24, 2.45) is 0 Å². The largest absolute Gasteiger partial charge is 0.342 e. The summed E-state index contributed by atoms with van der Waals surface area (Å²) < 4.78 is 2.65. The quantitative estimate of drug-likeness (QED) is 0.774. The molecule has 0 atom stereocenters. The predicted molar refractivity (Wildman–Crippen MR) is 83.4 cm³/mol. The molecule has 1 aromatic heterocycles. The lowest BCUT2D eigenvalue weighted by Gasteiger charge is -2.14. The fourth-order valence-electron chi connectivity index (χ4n) is 2.20. The van der Waals surface area contributed by atoms with Crippen LogP contribution < -0.4 is 0 Å². The third-order valence-electron chi connectivity index (χ3n) is 3.30. The first-order valence-corrected chi connectivity index (χ1v) is 8.47. The van der Waals surface area contributed by atoms with Gasteiger partial charge in [-0.1, -0.05) is 27.7 Å². The topological polar surface area (TPSA) is 63.9 Å². The number of carbonyl (C=O) groups excluding carboxylic acids is 1. The van der Waals surface area contributed by atoms with Gasteiger partial charge in [0.1, 0.15) is 0 Å². The molecule has 0 aliphatic carbocycles. The highest BCUT2D eigenvalue weighted by atomic mass is 79.9. The molecule has 2 aromatic rings. The zero-order chi connectivity index (χ0) is 14.7. The summed E-state index contributed by atoms with van der Waals surface area (Å²) >= 11 is 4.77. The number of likely N-dealkylation sites (tertiary alicyclic amines) is 1. The van der Waals surface area contributed by atoms with E-state index in [1.807, 2.05) is 29.2 Å². The first-order chi connectivity index (χ1) is 10.2. The molecule has 0 saturated carbocycles. The molecule has 21 heavy (non-hydrogen) atoms. The lowest BCUT2D eigenvalue weighted by Crippen LogP contribution is -2.29. The lowest BCUT2D eigenvalue weighted by atomic mass is 10.3. The van der Waals surface area contributed by atoms with E-state index in [9.17, 15) is 4.79 Å². The molecule has 2 heterocycles.